The number of hydrogen-bond donors (Lipinski definition) is 1. The highest BCUT2D eigenvalue weighted by Gasteiger charge is 2.41. The standard InChI is InChI=1S/C26H22F2N6O3S2/c1-3-37-25(35)21-11-38-24(31-21)17-6-4-16(5-7-17)22-32-23(39-33-22)15(2)26(36,12-34-14-29-13-30-34)19-9-8-18(27)10-20(19)28/h4-11,13-15,36H,3,12H2,1-2H3/t15-,26+/m0/s1. The summed E-state index contributed by atoms with van der Waals surface area (Å²) in [4.78, 5) is 24.8. The molecule has 0 spiro atoms. The second kappa shape index (κ2) is 11.0. The Morgan fingerprint density at radius 1 is 1.15 bits per heavy atom. The van der Waals surface area contributed by atoms with Gasteiger partial charge in [-0.3, -0.25) is 0 Å². The number of carbonyl (C=O) groups excluding carboxylic acids is 1. The number of aromatic nitrogens is 6. The highest BCUT2D eigenvalue weighted by Crippen LogP contribution is 2.41. The molecule has 0 saturated carbocycles. The molecule has 5 rings (SSSR count). The molecule has 9 nitrogen and oxygen atoms in total. The number of hydrogen-bond acceptors (Lipinski definition) is 10. The highest BCUT2D eigenvalue weighted by molar-refractivity contribution is 7.13. The van der Waals surface area contributed by atoms with Crippen LogP contribution in [0.4, 0.5) is 8.78 Å². The average Bonchev–Trinajstić information content (AvgIpc) is 3.71. The van der Waals surface area contributed by atoms with Crippen molar-refractivity contribution in [2.45, 2.75) is 31.9 Å². The van der Waals surface area contributed by atoms with Gasteiger partial charge in [-0.1, -0.05) is 37.3 Å². The molecule has 0 unspecified atom stereocenters. The van der Waals surface area contributed by atoms with Crippen molar-refractivity contribution >= 4 is 28.8 Å². The normalized spacial score (nSPS) is 13.7. The van der Waals surface area contributed by atoms with E-state index in [1.165, 1.54) is 34.7 Å². The molecule has 0 fully saturated rings. The maximum Gasteiger partial charge on any atom is 0.357 e. The maximum absolute atomic E-state index is 14.9. The molecular formula is C26H22F2N6O3S2. The quantitative estimate of drug-likeness (QED) is 0.245. The van der Waals surface area contributed by atoms with Crippen molar-refractivity contribution in [2.24, 2.45) is 0 Å². The van der Waals surface area contributed by atoms with Crippen LogP contribution in [0.1, 0.15) is 40.8 Å². The van der Waals surface area contributed by atoms with Crippen molar-refractivity contribution in [3.05, 3.63) is 88.4 Å². The summed E-state index contributed by atoms with van der Waals surface area (Å²) in [6.07, 6.45) is 2.71. The zero-order valence-electron chi connectivity index (χ0n) is 20.8. The molecule has 0 aliphatic carbocycles. The molecule has 2 atom stereocenters. The van der Waals surface area contributed by atoms with E-state index in [0.717, 1.165) is 34.8 Å². The average molecular weight is 569 g/mol. The van der Waals surface area contributed by atoms with Crippen molar-refractivity contribution in [2.75, 3.05) is 6.61 Å². The first kappa shape index (κ1) is 26.7. The molecule has 200 valence electrons. The van der Waals surface area contributed by atoms with Crippen molar-refractivity contribution in [1.82, 2.24) is 29.1 Å². The summed E-state index contributed by atoms with van der Waals surface area (Å²) in [6, 6.07) is 10.4. The first-order chi connectivity index (χ1) is 18.8. The second-order valence-corrected chi connectivity index (χ2v) is 10.3. The van der Waals surface area contributed by atoms with Gasteiger partial charge < -0.3 is 9.84 Å². The van der Waals surface area contributed by atoms with Gasteiger partial charge in [0.2, 0.25) is 0 Å². The summed E-state index contributed by atoms with van der Waals surface area (Å²) < 4.78 is 39.3. The first-order valence-corrected chi connectivity index (χ1v) is 13.5. The molecule has 3 aromatic heterocycles. The minimum absolute atomic E-state index is 0.0846. The van der Waals surface area contributed by atoms with E-state index in [4.69, 9.17) is 4.74 Å². The van der Waals surface area contributed by atoms with Crippen LogP contribution in [0, 0.1) is 11.6 Å². The molecule has 0 saturated heterocycles. The Morgan fingerprint density at radius 3 is 2.62 bits per heavy atom. The lowest BCUT2D eigenvalue weighted by Gasteiger charge is -2.33. The molecule has 39 heavy (non-hydrogen) atoms. The van der Waals surface area contributed by atoms with Gasteiger partial charge in [0.05, 0.1) is 13.2 Å². The smallest absolute Gasteiger partial charge is 0.357 e. The Kier molecular flexibility index (Phi) is 7.55. The number of aliphatic hydroxyl groups is 1. The Labute approximate surface area is 230 Å². The number of thiazole rings is 1. The molecular weight excluding hydrogens is 546 g/mol. The van der Waals surface area contributed by atoms with Crippen LogP contribution in [-0.4, -0.2) is 46.8 Å². The van der Waals surface area contributed by atoms with Gasteiger partial charge in [-0.2, -0.15) is 9.47 Å². The fraction of sp³-hybridized carbons (Fsp3) is 0.231. The lowest BCUT2D eigenvalue weighted by molar-refractivity contribution is -0.0112. The van der Waals surface area contributed by atoms with Crippen LogP contribution in [-0.2, 0) is 16.9 Å². The van der Waals surface area contributed by atoms with Gasteiger partial charge in [0.15, 0.2) is 11.5 Å². The van der Waals surface area contributed by atoms with Gasteiger partial charge in [-0.25, -0.2) is 33.2 Å². The van der Waals surface area contributed by atoms with Crippen LogP contribution in [0.2, 0.25) is 0 Å². The molecule has 3 heterocycles. The Bertz CT molecular complexity index is 1590. The van der Waals surface area contributed by atoms with Gasteiger partial charge in [0, 0.05) is 34.1 Å². The largest absolute Gasteiger partial charge is 0.461 e. The molecule has 0 aliphatic rings. The van der Waals surface area contributed by atoms with E-state index in [1.54, 1.807) is 19.2 Å². The van der Waals surface area contributed by atoms with Crippen molar-refractivity contribution in [1.29, 1.82) is 0 Å². The predicted octanol–water partition coefficient (Wildman–Crippen LogP) is 5.07. The van der Waals surface area contributed by atoms with Crippen LogP contribution < -0.4 is 0 Å². The van der Waals surface area contributed by atoms with Crippen LogP contribution in [0.5, 0.6) is 0 Å². The first-order valence-electron chi connectivity index (χ1n) is 11.9. The zero-order chi connectivity index (χ0) is 27.6. The van der Waals surface area contributed by atoms with Crippen LogP contribution >= 0.6 is 22.9 Å². The third-order valence-electron chi connectivity index (χ3n) is 6.17. The van der Waals surface area contributed by atoms with E-state index >= 15 is 0 Å². The monoisotopic (exact) mass is 568 g/mol. The maximum atomic E-state index is 14.9. The van der Waals surface area contributed by atoms with Crippen LogP contribution in [0.15, 0.2) is 60.5 Å². The Morgan fingerprint density at radius 2 is 1.92 bits per heavy atom. The molecule has 2 aromatic carbocycles. The number of carbonyl (C=O) groups is 1. The molecule has 0 aliphatic heterocycles. The number of ether oxygens (including phenoxy) is 1. The van der Waals surface area contributed by atoms with Gasteiger partial charge in [0.25, 0.3) is 0 Å². The van der Waals surface area contributed by atoms with E-state index in [9.17, 15) is 18.7 Å². The molecule has 0 radical (unpaired) electrons. The third-order valence-corrected chi connectivity index (χ3v) is 7.96. The van der Waals surface area contributed by atoms with Gasteiger partial charge in [0.1, 0.15) is 39.9 Å². The SMILES string of the molecule is CCOC(=O)c1csc(-c2ccc(-c3nsc([C@H](C)[C@](O)(Cn4cncn4)c4ccc(F)cc4F)n3)cc2)n1. The number of rotatable bonds is 9. The van der Waals surface area contributed by atoms with Gasteiger partial charge >= 0.3 is 5.97 Å². The molecule has 0 amide bonds. The van der Waals surface area contributed by atoms with Gasteiger partial charge in [-0.05, 0) is 24.5 Å². The fourth-order valence-electron chi connectivity index (χ4n) is 4.06. The molecule has 1 N–H and O–H groups in total. The third kappa shape index (κ3) is 5.46. The van der Waals surface area contributed by atoms with E-state index in [2.05, 4.69) is 24.4 Å². The van der Waals surface area contributed by atoms with Crippen LogP contribution in [0.3, 0.4) is 0 Å². The van der Waals surface area contributed by atoms with Crippen LogP contribution in [0.25, 0.3) is 22.0 Å². The van der Waals surface area contributed by atoms with E-state index < -0.39 is 29.1 Å². The van der Waals surface area contributed by atoms with Crippen molar-refractivity contribution in [3.63, 3.8) is 0 Å². The number of benzene rings is 2. The Balaban J connectivity index is 1.41. The highest BCUT2D eigenvalue weighted by atomic mass is 32.1. The summed E-state index contributed by atoms with van der Waals surface area (Å²) in [5.74, 6) is -2.39. The topological polar surface area (TPSA) is 116 Å². The van der Waals surface area contributed by atoms with Gasteiger partial charge in [-0.15, -0.1) is 11.3 Å². The Hall–Kier alpha value is -3.94. The summed E-state index contributed by atoms with van der Waals surface area (Å²) in [6.45, 7) is 3.58. The lowest BCUT2D eigenvalue weighted by Crippen LogP contribution is -2.38. The summed E-state index contributed by atoms with van der Waals surface area (Å²) in [5, 5.41) is 18.6. The summed E-state index contributed by atoms with van der Waals surface area (Å²) >= 11 is 2.42. The number of esters is 1. The van der Waals surface area contributed by atoms with Crippen molar-refractivity contribution in [3.8, 4) is 22.0 Å². The second-order valence-electron chi connectivity index (χ2n) is 8.66. The molecule has 5 aromatic rings. The fourth-order valence-corrected chi connectivity index (χ4v) is 5.66. The number of nitrogens with zero attached hydrogens (tertiary/aromatic N) is 6. The zero-order valence-corrected chi connectivity index (χ0v) is 22.4. The molecule has 0 bridgehead atoms. The predicted molar refractivity (Wildman–Crippen MR) is 141 cm³/mol. The van der Waals surface area contributed by atoms with E-state index in [-0.39, 0.29) is 24.4 Å². The van der Waals surface area contributed by atoms with E-state index in [1.807, 2.05) is 24.3 Å². The lowest BCUT2D eigenvalue weighted by atomic mass is 9.82. The summed E-state index contributed by atoms with van der Waals surface area (Å²) in [7, 11) is 0. The summed E-state index contributed by atoms with van der Waals surface area (Å²) in [5.41, 5.74) is -0.107. The minimum Gasteiger partial charge on any atom is -0.461 e. The minimum atomic E-state index is -1.83. The van der Waals surface area contributed by atoms with Crippen molar-refractivity contribution < 1.29 is 23.4 Å². The van der Waals surface area contributed by atoms with E-state index in [0.29, 0.717) is 15.8 Å². The number of halogens is 2. The molecule has 13 heteroatoms.